The molecule has 0 aromatic carbocycles. The van der Waals surface area contributed by atoms with Gasteiger partial charge in [0.25, 0.3) is 0 Å². The van der Waals surface area contributed by atoms with Crippen molar-refractivity contribution in [3.63, 3.8) is 0 Å². The molecule has 3 saturated carbocycles. The molecule has 2 nitrogen and oxygen atoms in total. The SMILES string of the molecule is C[C@]12CCC(O)C=C1CC[C@@H]1[C@H]2CC[C@@]2(C)[C@H]1CCC2(O)I. The smallest absolute Gasteiger partial charge is 0.121 e. The van der Waals surface area contributed by atoms with E-state index in [1.807, 2.05) is 0 Å². The average Bonchev–Trinajstić information content (AvgIpc) is 2.70. The standard InChI is InChI=1S/C19H29IO2/c1-17-8-5-13(21)11-12(17)3-4-14-15(17)6-9-18(2)16(14)7-10-19(18,20)22/h11,13-16,21-22H,3-10H2,1-2H3/t13?,14-,15-,16+,17+,18+,19?/m1/s1. The predicted octanol–water partition coefficient (Wildman–Crippen LogP) is 4.43. The Bertz CT molecular complexity index is 514. The van der Waals surface area contributed by atoms with Crippen LogP contribution in [0.2, 0.25) is 0 Å². The van der Waals surface area contributed by atoms with Gasteiger partial charge >= 0.3 is 0 Å². The molecule has 0 aromatic heterocycles. The Labute approximate surface area is 147 Å². The number of rotatable bonds is 0. The molecule has 2 unspecified atom stereocenters. The lowest BCUT2D eigenvalue weighted by molar-refractivity contribution is -0.0819. The number of hydrogen-bond acceptors (Lipinski definition) is 2. The number of aliphatic hydroxyl groups is 2. The molecule has 22 heavy (non-hydrogen) atoms. The van der Waals surface area contributed by atoms with E-state index in [4.69, 9.17) is 0 Å². The third-order valence-corrected chi connectivity index (χ3v) is 9.91. The summed E-state index contributed by atoms with van der Waals surface area (Å²) in [6.45, 7) is 4.82. The fraction of sp³-hybridized carbons (Fsp3) is 0.895. The van der Waals surface area contributed by atoms with Crippen LogP contribution in [0.25, 0.3) is 0 Å². The van der Waals surface area contributed by atoms with Crippen LogP contribution >= 0.6 is 22.6 Å². The summed E-state index contributed by atoms with van der Waals surface area (Å²) in [5.41, 5.74) is 1.97. The highest BCUT2D eigenvalue weighted by Crippen LogP contribution is 2.68. The molecule has 0 amide bonds. The van der Waals surface area contributed by atoms with Crippen LogP contribution in [0.4, 0.5) is 0 Å². The van der Waals surface area contributed by atoms with Crippen LogP contribution in [-0.2, 0) is 0 Å². The van der Waals surface area contributed by atoms with Crippen LogP contribution in [0, 0.1) is 28.6 Å². The molecule has 4 aliphatic carbocycles. The maximum Gasteiger partial charge on any atom is 0.121 e. The van der Waals surface area contributed by atoms with Gasteiger partial charge in [-0.15, -0.1) is 0 Å². The van der Waals surface area contributed by atoms with Crippen molar-refractivity contribution in [1.82, 2.24) is 0 Å². The molecule has 7 atom stereocenters. The summed E-state index contributed by atoms with van der Waals surface area (Å²) >= 11 is 2.34. The van der Waals surface area contributed by atoms with Crippen molar-refractivity contribution in [2.45, 2.75) is 74.9 Å². The van der Waals surface area contributed by atoms with Crippen LogP contribution in [0.5, 0.6) is 0 Å². The molecule has 0 saturated heterocycles. The van der Waals surface area contributed by atoms with Crippen molar-refractivity contribution in [3.8, 4) is 0 Å². The Hall–Kier alpha value is 0.390. The van der Waals surface area contributed by atoms with Crippen molar-refractivity contribution in [1.29, 1.82) is 0 Å². The molecule has 0 bridgehead atoms. The van der Waals surface area contributed by atoms with E-state index in [0.717, 1.165) is 31.1 Å². The molecule has 0 aromatic rings. The zero-order valence-corrected chi connectivity index (χ0v) is 16.0. The Morgan fingerprint density at radius 3 is 2.55 bits per heavy atom. The highest BCUT2D eigenvalue weighted by Gasteiger charge is 2.63. The van der Waals surface area contributed by atoms with E-state index >= 15 is 0 Å². The van der Waals surface area contributed by atoms with Gasteiger partial charge in [-0.1, -0.05) is 25.5 Å². The van der Waals surface area contributed by atoms with Crippen molar-refractivity contribution in [3.05, 3.63) is 11.6 Å². The highest BCUT2D eigenvalue weighted by atomic mass is 127. The summed E-state index contributed by atoms with van der Waals surface area (Å²) in [5.74, 6) is 2.24. The van der Waals surface area contributed by atoms with E-state index < -0.39 is 3.61 Å². The largest absolute Gasteiger partial charge is 0.389 e. The molecule has 3 heteroatoms. The second kappa shape index (κ2) is 4.95. The monoisotopic (exact) mass is 416 g/mol. The molecule has 2 N–H and O–H groups in total. The van der Waals surface area contributed by atoms with Gasteiger partial charge in [-0.2, -0.15) is 0 Å². The summed E-state index contributed by atoms with van der Waals surface area (Å²) in [7, 11) is 0. The number of halogens is 1. The lowest BCUT2D eigenvalue weighted by Crippen LogP contribution is -2.53. The minimum absolute atomic E-state index is 0.112. The van der Waals surface area contributed by atoms with Crippen LogP contribution in [0.15, 0.2) is 11.6 Å². The van der Waals surface area contributed by atoms with Crippen molar-refractivity contribution >= 4 is 22.6 Å². The predicted molar refractivity (Wildman–Crippen MR) is 96.7 cm³/mol. The summed E-state index contributed by atoms with van der Waals surface area (Å²) < 4.78 is -0.500. The molecule has 4 aliphatic rings. The van der Waals surface area contributed by atoms with E-state index in [9.17, 15) is 10.2 Å². The second-order valence-corrected chi connectivity index (χ2v) is 10.7. The third-order valence-electron chi connectivity index (χ3n) is 8.14. The fourth-order valence-corrected chi connectivity index (χ4v) is 7.65. The van der Waals surface area contributed by atoms with E-state index in [1.54, 1.807) is 5.57 Å². The normalized spacial score (nSPS) is 57.6. The topological polar surface area (TPSA) is 40.5 Å². The number of allylic oxidation sites excluding steroid dienone is 1. The molecular formula is C19H29IO2. The first-order valence-electron chi connectivity index (χ1n) is 9.08. The van der Waals surface area contributed by atoms with Crippen molar-refractivity contribution in [2.75, 3.05) is 0 Å². The molecule has 0 spiro atoms. The van der Waals surface area contributed by atoms with E-state index in [0.29, 0.717) is 11.3 Å². The summed E-state index contributed by atoms with van der Waals surface area (Å²) in [5, 5.41) is 20.9. The van der Waals surface area contributed by atoms with Gasteiger partial charge in [0.05, 0.1) is 6.10 Å². The van der Waals surface area contributed by atoms with Crippen molar-refractivity contribution < 1.29 is 10.2 Å². The third kappa shape index (κ3) is 1.97. The van der Waals surface area contributed by atoms with E-state index in [1.165, 1.54) is 32.1 Å². The Kier molecular flexibility index (Phi) is 3.57. The number of alkyl halides is 1. The quantitative estimate of drug-likeness (QED) is 0.348. The Morgan fingerprint density at radius 1 is 1.05 bits per heavy atom. The average molecular weight is 416 g/mol. The summed E-state index contributed by atoms with van der Waals surface area (Å²) in [6, 6.07) is 0. The Morgan fingerprint density at radius 2 is 1.77 bits per heavy atom. The van der Waals surface area contributed by atoms with Gasteiger partial charge in [0.15, 0.2) is 0 Å². The van der Waals surface area contributed by atoms with Gasteiger partial charge in [0.2, 0.25) is 0 Å². The zero-order valence-electron chi connectivity index (χ0n) is 13.8. The molecular weight excluding hydrogens is 387 g/mol. The lowest BCUT2D eigenvalue weighted by atomic mass is 9.47. The van der Waals surface area contributed by atoms with Crippen LogP contribution < -0.4 is 0 Å². The van der Waals surface area contributed by atoms with E-state index in [2.05, 4.69) is 42.5 Å². The van der Waals surface area contributed by atoms with Gasteiger partial charge in [0, 0.05) is 5.41 Å². The van der Waals surface area contributed by atoms with E-state index in [-0.39, 0.29) is 11.5 Å². The van der Waals surface area contributed by atoms with Gasteiger partial charge in [-0.3, -0.25) is 0 Å². The first-order chi connectivity index (χ1) is 10.3. The maximum atomic E-state index is 10.9. The molecule has 0 radical (unpaired) electrons. The Balaban J connectivity index is 1.68. The second-order valence-electron chi connectivity index (χ2n) is 8.89. The summed E-state index contributed by atoms with van der Waals surface area (Å²) in [4.78, 5) is 0. The molecule has 3 fully saturated rings. The number of aliphatic hydroxyl groups excluding tert-OH is 1. The first-order valence-corrected chi connectivity index (χ1v) is 10.2. The first kappa shape index (κ1) is 15.9. The maximum absolute atomic E-state index is 10.9. The minimum atomic E-state index is -0.500. The fourth-order valence-electron chi connectivity index (χ4n) is 6.67. The van der Waals surface area contributed by atoms with Gasteiger partial charge < -0.3 is 10.2 Å². The molecule has 0 aliphatic heterocycles. The van der Waals surface area contributed by atoms with Crippen LogP contribution in [0.1, 0.15) is 65.2 Å². The molecule has 124 valence electrons. The van der Waals surface area contributed by atoms with Crippen molar-refractivity contribution in [2.24, 2.45) is 28.6 Å². The lowest BCUT2D eigenvalue weighted by Gasteiger charge is -2.58. The molecule has 4 rings (SSSR count). The van der Waals surface area contributed by atoms with Crippen LogP contribution in [0.3, 0.4) is 0 Å². The molecule has 0 heterocycles. The van der Waals surface area contributed by atoms with Gasteiger partial charge in [-0.05, 0) is 97.1 Å². The minimum Gasteiger partial charge on any atom is -0.389 e. The number of fused-ring (bicyclic) bond motifs is 5. The zero-order chi connectivity index (χ0) is 15.8. The van der Waals surface area contributed by atoms with Crippen LogP contribution in [-0.4, -0.2) is 19.9 Å². The van der Waals surface area contributed by atoms with Gasteiger partial charge in [-0.25, -0.2) is 0 Å². The summed E-state index contributed by atoms with van der Waals surface area (Å²) in [6.07, 6.45) is 11.1. The number of hydrogen-bond donors (Lipinski definition) is 2. The highest BCUT2D eigenvalue weighted by molar-refractivity contribution is 14.1. The van der Waals surface area contributed by atoms with Gasteiger partial charge in [0.1, 0.15) is 3.61 Å².